The van der Waals surface area contributed by atoms with Crippen LogP contribution in [-0.2, 0) is 9.59 Å². The zero-order chi connectivity index (χ0) is 14.8. The Labute approximate surface area is 121 Å². The summed E-state index contributed by atoms with van der Waals surface area (Å²) in [6.45, 7) is 3.56. The van der Waals surface area contributed by atoms with Gasteiger partial charge in [0.1, 0.15) is 5.54 Å². The minimum absolute atomic E-state index is 0.0427. The number of rotatable bonds is 6. The Hall–Kier alpha value is -1.06. The van der Waals surface area contributed by atoms with E-state index in [-0.39, 0.29) is 11.8 Å². The lowest BCUT2D eigenvalue weighted by atomic mass is 9.85. The summed E-state index contributed by atoms with van der Waals surface area (Å²) in [6, 6.07) is 0. The molecular weight excluding hydrogens is 254 g/mol. The van der Waals surface area contributed by atoms with Gasteiger partial charge in [-0.1, -0.05) is 45.4 Å². The van der Waals surface area contributed by atoms with E-state index in [1.165, 1.54) is 32.1 Å². The smallest absolute Gasteiger partial charge is 0.329 e. The molecule has 0 aromatic heterocycles. The van der Waals surface area contributed by atoms with E-state index in [0.717, 1.165) is 12.8 Å². The van der Waals surface area contributed by atoms with Gasteiger partial charge in [0.15, 0.2) is 0 Å². The van der Waals surface area contributed by atoms with Crippen LogP contribution in [0.2, 0.25) is 0 Å². The van der Waals surface area contributed by atoms with E-state index in [1.807, 2.05) is 6.92 Å². The Morgan fingerprint density at radius 1 is 1.25 bits per heavy atom. The van der Waals surface area contributed by atoms with Gasteiger partial charge in [-0.2, -0.15) is 0 Å². The molecule has 0 radical (unpaired) electrons. The van der Waals surface area contributed by atoms with Gasteiger partial charge in [-0.3, -0.25) is 4.79 Å². The van der Waals surface area contributed by atoms with Crippen LogP contribution in [0.5, 0.6) is 0 Å². The van der Waals surface area contributed by atoms with E-state index < -0.39 is 11.5 Å². The molecule has 1 amide bonds. The summed E-state index contributed by atoms with van der Waals surface area (Å²) in [5, 5.41) is 12.1. The summed E-state index contributed by atoms with van der Waals surface area (Å²) in [4.78, 5) is 23.6. The first-order valence-corrected chi connectivity index (χ1v) is 8.03. The van der Waals surface area contributed by atoms with Crippen molar-refractivity contribution in [3.05, 3.63) is 0 Å². The molecule has 2 aliphatic carbocycles. The zero-order valence-electron chi connectivity index (χ0n) is 12.7. The van der Waals surface area contributed by atoms with Gasteiger partial charge < -0.3 is 10.4 Å². The van der Waals surface area contributed by atoms with Crippen LogP contribution in [0.15, 0.2) is 0 Å². The number of amides is 1. The van der Waals surface area contributed by atoms with Crippen molar-refractivity contribution in [2.45, 2.75) is 70.8 Å². The first kappa shape index (κ1) is 15.3. The predicted molar refractivity (Wildman–Crippen MR) is 77.3 cm³/mol. The van der Waals surface area contributed by atoms with Crippen LogP contribution >= 0.6 is 0 Å². The maximum Gasteiger partial charge on any atom is 0.329 e. The van der Waals surface area contributed by atoms with Crippen LogP contribution in [0.4, 0.5) is 0 Å². The van der Waals surface area contributed by atoms with Crippen LogP contribution in [0.1, 0.15) is 65.2 Å². The topological polar surface area (TPSA) is 66.4 Å². The average molecular weight is 281 g/mol. The molecule has 3 unspecified atom stereocenters. The number of hydrogen-bond donors (Lipinski definition) is 2. The maximum absolute atomic E-state index is 12.3. The number of carboxylic acids is 1. The highest BCUT2D eigenvalue weighted by atomic mass is 16.4. The molecular formula is C16H27NO3. The quantitative estimate of drug-likeness (QED) is 0.786. The summed E-state index contributed by atoms with van der Waals surface area (Å²) in [7, 11) is 0. The third-order valence-electron chi connectivity index (χ3n) is 5.05. The highest BCUT2D eigenvalue weighted by Crippen LogP contribution is 2.49. The standard InChI is InChI=1S/C16H27NO3/c1-3-9-16(2,15(19)20)17-14(18)13-10-12(13)11-7-5-4-6-8-11/h11-13H,3-10H2,1-2H3,(H,17,18)(H,19,20). The second-order valence-electron chi connectivity index (χ2n) is 6.78. The summed E-state index contributed by atoms with van der Waals surface area (Å²) < 4.78 is 0. The Bertz CT molecular complexity index is 376. The lowest BCUT2D eigenvalue weighted by molar-refractivity contribution is -0.147. The molecule has 2 N–H and O–H groups in total. The van der Waals surface area contributed by atoms with Gasteiger partial charge in [0.05, 0.1) is 0 Å². The number of hydrogen-bond acceptors (Lipinski definition) is 2. The van der Waals surface area contributed by atoms with Gasteiger partial charge in [0.25, 0.3) is 0 Å². The van der Waals surface area contributed by atoms with E-state index in [2.05, 4.69) is 5.32 Å². The van der Waals surface area contributed by atoms with Crippen molar-refractivity contribution in [1.82, 2.24) is 5.32 Å². The minimum Gasteiger partial charge on any atom is -0.480 e. The number of carbonyl (C=O) groups excluding carboxylic acids is 1. The molecule has 2 fully saturated rings. The number of nitrogens with one attached hydrogen (secondary N) is 1. The minimum atomic E-state index is -1.11. The highest BCUT2D eigenvalue weighted by Gasteiger charge is 2.49. The number of carbonyl (C=O) groups is 2. The summed E-state index contributed by atoms with van der Waals surface area (Å²) in [5.74, 6) is 0.298. The second kappa shape index (κ2) is 6.15. The molecule has 114 valence electrons. The fourth-order valence-corrected chi connectivity index (χ4v) is 3.69. The molecule has 0 spiro atoms. The second-order valence-corrected chi connectivity index (χ2v) is 6.78. The Morgan fingerprint density at radius 3 is 2.45 bits per heavy atom. The third-order valence-corrected chi connectivity index (χ3v) is 5.05. The molecule has 2 rings (SSSR count). The molecule has 20 heavy (non-hydrogen) atoms. The monoisotopic (exact) mass is 281 g/mol. The van der Waals surface area contributed by atoms with Crippen LogP contribution in [0, 0.1) is 17.8 Å². The zero-order valence-corrected chi connectivity index (χ0v) is 12.7. The molecule has 2 saturated carbocycles. The van der Waals surface area contributed by atoms with E-state index in [0.29, 0.717) is 18.3 Å². The van der Waals surface area contributed by atoms with Crippen LogP contribution in [0.25, 0.3) is 0 Å². The molecule has 0 saturated heterocycles. The highest BCUT2D eigenvalue weighted by molar-refractivity contribution is 5.89. The van der Waals surface area contributed by atoms with Crippen LogP contribution < -0.4 is 5.32 Å². The Kier molecular flexibility index (Phi) is 4.71. The van der Waals surface area contributed by atoms with Crippen LogP contribution in [-0.4, -0.2) is 22.5 Å². The SMILES string of the molecule is CCCC(C)(NC(=O)C1CC1C1CCCCC1)C(=O)O. The van der Waals surface area contributed by atoms with Crippen molar-refractivity contribution in [3.8, 4) is 0 Å². The Morgan fingerprint density at radius 2 is 1.90 bits per heavy atom. The van der Waals surface area contributed by atoms with Gasteiger partial charge in [-0.05, 0) is 31.6 Å². The number of aliphatic carboxylic acids is 1. The summed E-state index contributed by atoms with van der Waals surface area (Å²) in [5.41, 5.74) is -1.11. The summed E-state index contributed by atoms with van der Waals surface area (Å²) >= 11 is 0. The first-order valence-electron chi connectivity index (χ1n) is 8.03. The lowest BCUT2D eigenvalue weighted by Gasteiger charge is -2.26. The van der Waals surface area contributed by atoms with Gasteiger partial charge in [0, 0.05) is 5.92 Å². The molecule has 0 heterocycles. The molecule has 4 nitrogen and oxygen atoms in total. The van der Waals surface area contributed by atoms with Crippen molar-refractivity contribution in [1.29, 1.82) is 0 Å². The van der Waals surface area contributed by atoms with E-state index >= 15 is 0 Å². The largest absolute Gasteiger partial charge is 0.480 e. The Balaban J connectivity index is 1.87. The van der Waals surface area contributed by atoms with E-state index in [4.69, 9.17) is 0 Å². The average Bonchev–Trinajstić information content (AvgIpc) is 3.20. The lowest BCUT2D eigenvalue weighted by Crippen LogP contribution is -2.52. The van der Waals surface area contributed by atoms with Gasteiger partial charge >= 0.3 is 5.97 Å². The molecule has 2 aliphatic rings. The molecule has 0 aromatic carbocycles. The van der Waals surface area contributed by atoms with Crippen molar-refractivity contribution in [2.75, 3.05) is 0 Å². The molecule has 4 heteroatoms. The summed E-state index contributed by atoms with van der Waals surface area (Å²) in [6.07, 6.45) is 8.59. The first-order chi connectivity index (χ1) is 9.48. The van der Waals surface area contributed by atoms with E-state index in [9.17, 15) is 14.7 Å². The molecule has 0 aromatic rings. The third kappa shape index (κ3) is 3.33. The van der Waals surface area contributed by atoms with Gasteiger partial charge in [-0.25, -0.2) is 4.79 Å². The van der Waals surface area contributed by atoms with Crippen molar-refractivity contribution < 1.29 is 14.7 Å². The van der Waals surface area contributed by atoms with Crippen LogP contribution in [0.3, 0.4) is 0 Å². The number of carboxylic acid groups (broad SMARTS) is 1. The molecule has 3 atom stereocenters. The fraction of sp³-hybridized carbons (Fsp3) is 0.875. The predicted octanol–water partition coefficient (Wildman–Crippen LogP) is 2.96. The van der Waals surface area contributed by atoms with Crippen molar-refractivity contribution in [2.24, 2.45) is 17.8 Å². The maximum atomic E-state index is 12.3. The van der Waals surface area contributed by atoms with Crippen molar-refractivity contribution >= 4 is 11.9 Å². The van der Waals surface area contributed by atoms with Crippen molar-refractivity contribution in [3.63, 3.8) is 0 Å². The van der Waals surface area contributed by atoms with Gasteiger partial charge in [0.2, 0.25) is 5.91 Å². The molecule has 0 bridgehead atoms. The normalized spacial score (nSPS) is 29.5. The fourth-order valence-electron chi connectivity index (χ4n) is 3.69. The molecule has 0 aliphatic heterocycles. The van der Waals surface area contributed by atoms with E-state index in [1.54, 1.807) is 6.92 Å². The van der Waals surface area contributed by atoms with Gasteiger partial charge in [-0.15, -0.1) is 0 Å².